The third-order valence-electron chi connectivity index (χ3n) is 2.23. The standard InChI is InChI=1S/C12H7F3O2/c1-6(16)17-9-5-3-7-2-4-8(13)11(14)10(7)12(9)15/h2-5H,1H3. The van der Waals surface area contributed by atoms with Crippen molar-refractivity contribution in [2.24, 2.45) is 0 Å². The van der Waals surface area contributed by atoms with Crippen LogP contribution >= 0.6 is 0 Å². The van der Waals surface area contributed by atoms with Crippen molar-refractivity contribution in [3.63, 3.8) is 0 Å². The van der Waals surface area contributed by atoms with Crippen molar-refractivity contribution in [3.8, 4) is 5.75 Å². The van der Waals surface area contributed by atoms with Gasteiger partial charge in [-0.05, 0) is 17.5 Å². The molecular weight excluding hydrogens is 233 g/mol. The van der Waals surface area contributed by atoms with Crippen molar-refractivity contribution in [3.05, 3.63) is 41.7 Å². The lowest BCUT2D eigenvalue weighted by atomic mass is 10.1. The first-order valence-corrected chi connectivity index (χ1v) is 4.75. The van der Waals surface area contributed by atoms with Gasteiger partial charge in [-0.2, -0.15) is 0 Å². The predicted molar refractivity (Wildman–Crippen MR) is 55.1 cm³/mol. The minimum absolute atomic E-state index is 0.192. The van der Waals surface area contributed by atoms with Gasteiger partial charge in [0, 0.05) is 6.92 Å². The third kappa shape index (κ3) is 1.95. The molecule has 0 spiro atoms. The monoisotopic (exact) mass is 240 g/mol. The van der Waals surface area contributed by atoms with Gasteiger partial charge in [-0.25, -0.2) is 13.2 Å². The van der Waals surface area contributed by atoms with E-state index in [1.54, 1.807) is 0 Å². The molecule has 0 atom stereocenters. The SMILES string of the molecule is CC(=O)Oc1ccc2ccc(F)c(F)c2c1F. The van der Waals surface area contributed by atoms with Gasteiger partial charge in [0.05, 0.1) is 5.39 Å². The molecule has 0 aliphatic rings. The van der Waals surface area contributed by atoms with Gasteiger partial charge in [-0.1, -0.05) is 12.1 Å². The smallest absolute Gasteiger partial charge is 0.308 e. The molecule has 2 aromatic carbocycles. The Hall–Kier alpha value is -2.04. The Morgan fingerprint density at radius 2 is 1.71 bits per heavy atom. The summed E-state index contributed by atoms with van der Waals surface area (Å²) in [4.78, 5) is 10.7. The molecule has 0 aliphatic heterocycles. The molecule has 0 unspecified atom stereocenters. The van der Waals surface area contributed by atoms with Crippen LogP contribution in [0.1, 0.15) is 6.92 Å². The topological polar surface area (TPSA) is 26.3 Å². The summed E-state index contributed by atoms with van der Waals surface area (Å²) in [6, 6.07) is 4.69. The van der Waals surface area contributed by atoms with E-state index in [9.17, 15) is 18.0 Å². The molecular formula is C12H7F3O2. The molecule has 17 heavy (non-hydrogen) atoms. The largest absolute Gasteiger partial charge is 0.424 e. The normalized spacial score (nSPS) is 10.6. The first kappa shape index (κ1) is 11.4. The Labute approximate surface area is 94.6 Å². The zero-order valence-electron chi connectivity index (χ0n) is 8.76. The molecule has 0 saturated carbocycles. The molecule has 2 nitrogen and oxygen atoms in total. The van der Waals surface area contributed by atoms with Crippen molar-refractivity contribution in [2.45, 2.75) is 6.92 Å². The van der Waals surface area contributed by atoms with Crippen LogP contribution in [0.5, 0.6) is 5.75 Å². The number of carbonyl (C=O) groups excluding carboxylic acids is 1. The van der Waals surface area contributed by atoms with Gasteiger partial charge >= 0.3 is 5.97 Å². The summed E-state index contributed by atoms with van der Waals surface area (Å²) < 4.78 is 44.7. The zero-order chi connectivity index (χ0) is 12.6. The Balaban J connectivity index is 2.73. The summed E-state index contributed by atoms with van der Waals surface area (Å²) in [6.45, 7) is 1.09. The van der Waals surface area contributed by atoms with Crippen LogP contribution in [-0.2, 0) is 4.79 Å². The second kappa shape index (κ2) is 4.08. The molecule has 0 radical (unpaired) electrons. The van der Waals surface area contributed by atoms with Crippen molar-refractivity contribution in [1.82, 2.24) is 0 Å². The lowest BCUT2D eigenvalue weighted by Crippen LogP contribution is -2.04. The van der Waals surface area contributed by atoms with E-state index in [1.165, 1.54) is 18.2 Å². The zero-order valence-corrected chi connectivity index (χ0v) is 8.76. The third-order valence-corrected chi connectivity index (χ3v) is 2.23. The minimum Gasteiger partial charge on any atom is -0.424 e. The average Bonchev–Trinajstić information content (AvgIpc) is 2.26. The van der Waals surface area contributed by atoms with E-state index in [4.69, 9.17) is 0 Å². The fourth-order valence-electron chi connectivity index (χ4n) is 1.52. The number of halogens is 3. The number of fused-ring (bicyclic) bond motifs is 1. The highest BCUT2D eigenvalue weighted by Gasteiger charge is 2.16. The molecule has 0 aromatic heterocycles. The highest BCUT2D eigenvalue weighted by atomic mass is 19.2. The number of ether oxygens (including phenoxy) is 1. The number of esters is 1. The number of benzene rings is 2. The van der Waals surface area contributed by atoms with E-state index >= 15 is 0 Å². The average molecular weight is 240 g/mol. The lowest BCUT2D eigenvalue weighted by Gasteiger charge is -2.07. The van der Waals surface area contributed by atoms with Gasteiger partial charge in [-0.3, -0.25) is 4.79 Å². The van der Waals surface area contributed by atoms with Crippen molar-refractivity contribution < 1.29 is 22.7 Å². The van der Waals surface area contributed by atoms with E-state index in [1.807, 2.05) is 0 Å². The molecule has 0 heterocycles. The maximum atomic E-state index is 13.8. The molecule has 0 N–H and O–H groups in total. The van der Waals surface area contributed by atoms with Crippen molar-refractivity contribution in [1.29, 1.82) is 0 Å². The Kier molecular flexibility index (Phi) is 2.75. The molecule has 88 valence electrons. The number of rotatable bonds is 1. The van der Waals surface area contributed by atoms with Crippen LogP contribution in [-0.4, -0.2) is 5.97 Å². The number of carbonyl (C=O) groups is 1. The van der Waals surface area contributed by atoms with E-state index < -0.39 is 34.6 Å². The Morgan fingerprint density at radius 1 is 1.06 bits per heavy atom. The highest BCUT2D eigenvalue weighted by Crippen LogP contribution is 2.29. The van der Waals surface area contributed by atoms with Crippen molar-refractivity contribution >= 4 is 16.7 Å². The van der Waals surface area contributed by atoms with Crippen LogP contribution in [0.2, 0.25) is 0 Å². The van der Waals surface area contributed by atoms with E-state index in [0.29, 0.717) is 0 Å². The van der Waals surface area contributed by atoms with Gasteiger partial charge < -0.3 is 4.74 Å². The quantitative estimate of drug-likeness (QED) is 0.565. The highest BCUT2D eigenvalue weighted by molar-refractivity contribution is 5.86. The minimum atomic E-state index is -1.30. The fraction of sp³-hybridized carbons (Fsp3) is 0.0833. The molecule has 0 bridgehead atoms. The van der Waals surface area contributed by atoms with Gasteiger partial charge in [0.25, 0.3) is 0 Å². The molecule has 5 heteroatoms. The summed E-state index contributed by atoms with van der Waals surface area (Å²) in [5.41, 5.74) is 0. The van der Waals surface area contributed by atoms with Crippen LogP contribution in [0.4, 0.5) is 13.2 Å². The summed E-state index contributed by atoms with van der Waals surface area (Å²) in [7, 11) is 0. The van der Waals surface area contributed by atoms with Gasteiger partial charge in [-0.15, -0.1) is 0 Å². The molecule has 0 saturated heterocycles. The summed E-state index contributed by atoms with van der Waals surface area (Å²) in [5, 5.41) is -0.332. The summed E-state index contributed by atoms with van der Waals surface area (Å²) in [6.07, 6.45) is 0. The molecule has 0 fully saturated rings. The molecule has 2 rings (SSSR count). The lowest BCUT2D eigenvalue weighted by molar-refractivity contribution is -0.132. The number of hydrogen-bond acceptors (Lipinski definition) is 2. The van der Waals surface area contributed by atoms with Gasteiger partial charge in [0.15, 0.2) is 23.2 Å². The molecule has 0 aliphatic carbocycles. The second-order valence-corrected chi connectivity index (χ2v) is 3.43. The first-order chi connectivity index (χ1) is 8.00. The van der Waals surface area contributed by atoms with Crippen LogP contribution < -0.4 is 4.74 Å². The van der Waals surface area contributed by atoms with Gasteiger partial charge in [0.1, 0.15) is 0 Å². The van der Waals surface area contributed by atoms with Crippen LogP contribution in [0.3, 0.4) is 0 Å². The van der Waals surface area contributed by atoms with E-state index in [2.05, 4.69) is 4.74 Å². The second-order valence-electron chi connectivity index (χ2n) is 3.43. The summed E-state index contributed by atoms with van der Waals surface area (Å²) in [5.74, 6) is -4.70. The van der Waals surface area contributed by atoms with Crippen LogP contribution in [0, 0.1) is 17.5 Å². The summed E-state index contributed by atoms with van der Waals surface area (Å²) >= 11 is 0. The van der Waals surface area contributed by atoms with Crippen LogP contribution in [0.15, 0.2) is 24.3 Å². The van der Waals surface area contributed by atoms with Gasteiger partial charge in [0.2, 0.25) is 0 Å². The Bertz CT molecular complexity index is 608. The van der Waals surface area contributed by atoms with Crippen molar-refractivity contribution in [2.75, 3.05) is 0 Å². The maximum absolute atomic E-state index is 13.8. The number of hydrogen-bond donors (Lipinski definition) is 0. The van der Waals surface area contributed by atoms with E-state index in [-0.39, 0.29) is 5.39 Å². The predicted octanol–water partition coefficient (Wildman–Crippen LogP) is 3.18. The maximum Gasteiger partial charge on any atom is 0.308 e. The Morgan fingerprint density at radius 3 is 2.35 bits per heavy atom. The fourth-order valence-corrected chi connectivity index (χ4v) is 1.52. The molecule has 2 aromatic rings. The van der Waals surface area contributed by atoms with Crippen LogP contribution in [0.25, 0.3) is 10.8 Å². The first-order valence-electron chi connectivity index (χ1n) is 4.75. The molecule has 0 amide bonds. The van der Waals surface area contributed by atoms with E-state index in [0.717, 1.165) is 13.0 Å².